The Morgan fingerprint density at radius 3 is 2.77 bits per heavy atom. The van der Waals surface area contributed by atoms with Gasteiger partial charge >= 0.3 is 0 Å². The predicted molar refractivity (Wildman–Crippen MR) is 85.7 cm³/mol. The summed E-state index contributed by atoms with van der Waals surface area (Å²) in [7, 11) is 0.563. The first kappa shape index (κ1) is 17.0. The van der Waals surface area contributed by atoms with Crippen LogP contribution in [-0.4, -0.2) is 61.7 Å². The molecule has 2 heterocycles. The van der Waals surface area contributed by atoms with Crippen LogP contribution in [0.2, 0.25) is 0 Å². The van der Waals surface area contributed by atoms with Crippen LogP contribution in [0.5, 0.6) is 5.88 Å². The van der Waals surface area contributed by atoms with Crippen molar-refractivity contribution in [3.05, 3.63) is 12.4 Å². The number of ether oxygens (including phenoxy) is 1. The van der Waals surface area contributed by atoms with Crippen LogP contribution in [0, 0.1) is 0 Å². The molecule has 8 heteroatoms. The van der Waals surface area contributed by atoms with E-state index in [2.05, 4.69) is 9.97 Å². The largest absolute Gasteiger partial charge is 0.470 e. The molecule has 1 unspecified atom stereocenters. The van der Waals surface area contributed by atoms with Gasteiger partial charge in [0.15, 0.2) is 5.82 Å². The number of rotatable bonds is 6. The highest BCUT2D eigenvalue weighted by atomic mass is 32.2. The Hall–Kier alpha value is -1.41. The van der Waals surface area contributed by atoms with Crippen LogP contribution < -0.4 is 9.64 Å². The van der Waals surface area contributed by atoms with Crippen molar-refractivity contribution in [2.75, 3.05) is 37.8 Å². The zero-order valence-electron chi connectivity index (χ0n) is 13.4. The third-order valence-corrected chi connectivity index (χ3v) is 5.59. The Balaban J connectivity index is 2.08. The van der Waals surface area contributed by atoms with Gasteiger partial charge in [-0.3, -0.25) is 0 Å². The molecule has 0 amide bonds. The molecule has 0 bridgehead atoms. The Bertz CT molecular complexity index is 592. The second-order valence-electron chi connectivity index (χ2n) is 5.64. The molecule has 1 atom stereocenters. The molecule has 2 rings (SSSR count). The fourth-order valence-corrected chi connectivity index (χ4v) is 4.08. The molecule has 7 nitrogen and oxygen atoms in total. The van der Waals surface area contributed by atoms with E-state index in [-0.39, 0.29) is 11.9 Å². The molecule has 0 saturated carbocycles. The quantitative estimate of drug-likeness (QED) is 0.779. The molecule has 0 spiro atoms. The van der Waals surface area contributed by atoms with Crippen molar-refractivity contribution in [2.45, 2.75) is 32.3 Å². The maximum absolute atomic E-state index is 12.2. The number of anilines is 1. The summed E-state index contributed by atoms with van der Waals surface area (Å²) in [5.41, 5.74) is 0. The maximum atomic E-state index is 12.2. The third kappa shape index (κ3) is 4.07. The van der Waals surface area contributed by atoms with Crippen LogP contribution in [-0.2, 0) is 10.0 Å². The highest BCUT2D eigenvalue weighted by molar-refractivity contribution is 7.89. The molecule has 0 aliphatic carbocycles. The Labute approximate surface area is 132 Å². The maximum Gasteiger partial charge on any atom is 0.257 e. The fourth-order valence-electron chi connectivity index (χ4n) is 2.51. The van der Waals surface area contributed by atoms with Gasteiger partial charge in [0.05, 0.1) is 12.3 Å². The summed E-state index contributed by atoms with van der Waals surface area (Å²) in [5, 5.41) is 0. The average Bonchev–Trinajstić information content (AvgIpc) is 2.48. The number of hydrogen-bond donors (Lipinski definition) is 0. The van der Waals surface area contributed by atoms with Crippen molar-refractivity contribution in [1.29, 1.82) is 0 Å². The SMILES string of the molecule is CCCS(=O)(=O)N1CCCC(Oc2nccnc2N(C)C)C1. The Morgan fingerprint density at radius 1 is 1.36 bits per heavy atom. The van der Waals surface area contributed by atoms with Gasteiger partial charge in [-0.05, 0) is 19.3 Å². The van der Waals surface area contributed by atoms with E-state index in [4.69, 9.17) is 4.74 Å². The lowest BCUT2D eigenvalue weighted by Crippen LogP contribution is -2.45. The standard InChI is InChI=1S/C14H24N4O3S/c1-4-10-22(19,20)18-9-5-6-12(11-18)21-14-13(17(2)3)15-7-8-16-14/h7-8,12H,4-6,9-11H2,1-3H3. The minimum absolute atomic E-state index is 0.184. The first-order chi connectivity index (χ1) is 10.4. The molecule has 1 aliphatic heterocycles. The minimum atomic E-state index is -3.18. The number of sulfonamides is 1. The van der Waals surface area contributed by atoms with E-state index in [1.165, 1.54) is 4.31 Å². The molecule has 1 aromatic heterocycles. The van der Waals surface area contributed by atoms with E-state index < -0.39 is 10.0 Å². The van der Waals surface area contributed by atoms with Crippen molar-refractivity contribution in [1.82, 2.24) is 14.3 Å². The molecule has 0 radical (unpaired) electrons. The zero-order chi connectivity index (χ0) is 16.2. The molecular weight excluding hydrogens is 304 g/mol. The monoisotopic (exact) mass is 328 g/mol. The van der Waals surface area contributed by atoms with Gasteiger partial charge in [0.1, 0.15) is 6.10 Å². The van der Waals surface area contributed by atoms with Crippen LogP contribution in [0.3, 0.4) is 0 Å². The molecule has 22 heavy (non-hydrogen) atoms. The van der Waals surface area contributed by atoms with Gasteiger partial charge in [-0.1, -0.05) is 6.92 Å². The van der Waals surface area contributed by atoms with Gasteiger partial charge in [-0.15, -0.1) is 0 Å². The summed E-state index contributed by atoms with van der Waals surface area (Å²) in [4.78, 5) is 10.3. The lowest BCUT2D eigenvalue weighted by Gasteiger charge is -2.32. The smallest absolute Gasteiger partial charge is 0.257 e. The van der Waals surface area contributed by atoms with Gasteiger partial charge in [0, 0.05) is 33.0 Å². The third-order valence-electron chi connectivity index (χ3n) is 3.54. The Kier molecular flexibility index (Phi) is 5.57. The average molecular weight is 328 g/mol. The number of nitrogens with zero attached hydrogens (tertiary/aromatic N) is 4. The van der Waals surface area contributed by atoms with Gasteiger partial charge in [0.2, 0.25) is 10.0 Å². The summed E-state index contributed by atoms with van der Waals surface area (Å²) in [6.45, 7) is 2.83. The topological polar surface area (TPSA) is 75.6 Å². The minimum Gasteiger partial charge on any atom is -0.470 e. The van der Waals surface area contributed by atoms with Crippen molar-refractivity contribution in [2.24, 2.45) is 0 Å². The normalized spacial score (nSPS) is 19.9. The van der Waals surface area contributed by atoms with Crippen molar-refractivity contribution in [3.8, 4) is 5.88 Å². The van der Waals surface area contributed by atoms with Gasteiger partial charge < -0.3 is 9.64 Å². The van der Waals surface area contributed by atoms with Crippen molar-refractivity contribution >= 4 is 15.8 Å². The van der Waals surface area contributed by atoms with Gasteiger partial charge in [-0.2, -0.15) is 4.31 Å². The van der Waals surface area contributed by atoms with Crippen LogP contribution in [0.25, 0.3) is 0 Å². The lowest BCUT2D eigenvalue weighted by molar-refractivity contribution is 0.125. The van der Waals surface area contributed by atoms with Gasteiger partial charge in [0.25, 0.3) is 5.88 Å². The Morgan fingerprint density at radius 2 is 2.09 bits per heavy atom. The molecule has 0 aromatic carbocycles. The van der Waals surface area contributed by atoms with Crippen molar-refractivity contribution < 1.29 is 13.2 Å². The van der Waals surface area contributed by atoms with Crippen LogP contribution in [0.1, 0.15) is 26.2 Å². The summed E-state index contributed by atoms with van der Waals surface area (Å²) < 4.78 is 31.9. The summed E-state index contributed by atoms with van der Waals surface area (Å²) in [6, 6.07) is 0. The zero-order valence-corrected chi connectivity index (χ0v) is 14.2. The molecule has 1 aromatic rings. The lowest BCUT2D eigenvalue weighted by atomic mass is 10.1. The molecular formula is C14H24N4O3S. The molecule has 0 N–H and O–H groups in total. The first-order valence-electron chi connectivity index (χ1n) is 7.57. The molecule has 1 saturated heterocycles. The molecule has 124 valence electrons. The summed E-state index contributed by atoms with van der Waals surface area (Å²) in [6.07, 6.45) is 5.25. The summed E-state index contributed by atoms with van der Waals surface area (Å²) in [5.74, 6) is 1.29. The highest BCUT2D eigenvalue weighted by Crippen LogP contribution is 2.25. The first-order valence-corrected chi connectivity index (χ1v) is 9.17. The van der Waals surface area contributed by atoms with Gasteiger partial charge in [-0.25, -0.2) is 18.4 Å². The van der Waals surface area contributed by atoms with E-state index in [9.17, 15) is 8.42 Å². The second-order valence-corrected chi connectivity index (χ2v) is 7.72. The number of piperidine rings is 1. The highest BCUT2D eigenvalue weighted by Gasteiger charge is 2.30. The van der Waals surface area contributed by atoms with E-state index in [1.807, 2.05) is 25.9 Å². The van der Waals surface area contributed by atoms with Crippen molar-refractivity contribution in [3.63, 3.8) is 0 Å². The van der Waals surface area contributed by atoms with E-state index in [0.29, 0.717) is 31.2 Å². The summed E-state index contributed by atoms with van der Waals surface area (Å²) >= 11 is 0. The van der Waals surface area contributed by atoms with Crippen LogP contribution in [0.4, 0.5) is 5.82 Å². The van der Waals surface area contributed by atoms with E-state index >= 15 is 0 Å². The number of hydrogen-bond acceptors (Lipinski definition) is 6. The second kappa shape index (κ2) is 7.23. The van der Waals surface area contributed by atoms with Crippen LogP contribution >= 0.6 is 0 Å². The predicted octanol–water partition coefficient (Wildman–Crippen LogP) is 1.13. The van der Waals surface area contributed by atoms with E-state index in [0.717, 1.165) is 12.8 Å². The van der Waals surface area contributed by atoms with E-state index in [1.54, 1.807) is 12.4 Å². The fraction of sp³-hybridized carbons (Fsp3) is 0.714. The molecule has 1 aliphatic rings. The van der Waals surface area contributed by atoms with Crippen LogP contribution in [0.15, 0.2) is 12.4 Å². The number of aromatic nitrogens is 2. The molecule has 1 fully saturated rings.